The number of carbonyl (C=O) groups is 3. The molecular formula is C21H19BrFN3O3. The second-order valence-corrected chi connectivity index (χ2v) is 7.17. The van der Waals surface area contributed by atoms with Crippen LogP contribution in [0.15, 0.2) is 52.5 Å². The molecule has 2 aromatic carbocycles. The first-order valence-corrected chi connectivity index (χ1v) is 9.86. The topological polar surface area (TPSA) is 69.7 Å². The van der Waals surface area contributed by atoms with Crippen LogP contribution in [0.4, 0.5) is 20.6 Å². The number of nitrogens with one attached hydrogen (secondary N) is 1. The van der Waals surface area contributed by atoms with Gasteiger partial charge in [-0.2, -0.15) is 0 Å². The molecule has 0 radical (unpaired) electrons. The molecule has 0 aromatic heterocycles. The average molecular weight is 460 g/mol. The van der Waals surface area contributed by atoms with Crippen molar-refractivity contribution in [2.75, 3.05) is 22.9 Å². The molecule has 1 aliphatic heterocycles. The normalized spacial score (nSPS) is 15.7. The SMILES string of the molecule is CCN(CC)c1ccc(/C=C2\C(=O)NC(=O)N(c3ccc(F)cc3)C2=O)cc1Br. The van der Waals surface area contributed by atoms with Gasteiger partial charge in [-0.15, -0.1) is 0 Å². The molecule has 0 aliphatic carbocycles. The Labute approximate surface area is 176 Å². The van der Waals surface area contributed by atoms with Crippen LogP contribution in [0.2, 0.25) is 0 Å². The lowest BCUT2D eigenvalue weighted by atomic mass is 10.1. The Morgan fingerprint density at radius 2 is 1.72 bits per heavy atom. The van der Waals surface area contributed by atoms with Crippen LogP contribution in [-0.4, -0.2) is 30.9 Å². The Bertz CT molecular complexity index is 1000. The molecular weight excluding hydrogens is 441 g/mol. The highest BCUT2D eigenvalue weighted by atomic mass is 79.9. The number of barbiturate groups is 1. The van der Waals surface area contributed by atoms with Crippen LogP contribution in [0.3, 0.4) is 0 Å². The largest absolute Gasteiger partial charge is 0.371 e. The van der Waals surface area contributed by atoms with Gasteiger partial charge in [0.2, 0.25) is 0 Å². The number of anilines is 2. The summed E-state index contributed by atoms with van der Waals surface area (Å²) in [6.07, 6.45) is 1.43. The fraction of sp³-hybridized carbons (Fsp3) is 0.190. The maximum absolute atomic E-state index is 13.2. The smallest absolute Gasteiger partial charge is 0.335 e. The van der Waals surface area contributed by atoms with E-state index in [-0.39, 0.29) is 11.3 Å². The molecule has 1 heterocycles. The molecule has 8 heteroatoms. The van der Waals surface area contributed by atoms with E-state index in [4.69, 9.17) is 0 Å². The number of hydrogen-bond donors (Lipinski definition) is 1. The van der Waals surface area contributed by atoms with Gasteiger partial charge >= 0.3 is 6.03 Å². The molecule has 1 N–H and O–H groups in total. The summed E-state index contributed by atoms with van der Waals surface area (Å²) in [5.41, 5.74) is 1.61. The third-order valence-corrected chi connectivity index (χ3v) is 5.21. The van der Waals surface area contributed by atoms with Crippen LogP contribution in [0.25, 0.3) is 6.08 Å². The molecule has 0 atom stereocenters. The van der Waals surface area contributed by atoms with E-state index < -0.39 is 23.7 Å². The zero-order valence-corrected chi connectivity index (χ0v) is 17.5. The van der Waals surface area contributed by atoms with Crippen LogP contribution in [-0.2, 0) is 9.59 Å². The van der Waals surface area contributed by atoms with Gasteiger partial charge in [-0.25, -0.2) is 14.1 Å². The summed E-state index contributed by atoms with van der Waals surface area (Å²) in [5.74, 6) is -2.04. The van der Waals surface area contributed by atoms with Crippen LogP contribution < -0.4 is 15.1 Å². The molecule has 0 unspecified atom stereocenters. The Morgan fingerprint density at radius 3 is 2.31 bits per heavy atom. The minimum absolute atomic E-state index is 0.172. The third-order valence-electron chi connectivity index (χ3n) is 4.57. The number of benzene rings is 2. The summed E-state index contributed by atoms with van der Waals surface area (Å²) in [6, 6.07) is 9.51. The minimum Gasteiger partial charge on any atom is -0.371 e. The van der Waals surface area contributed by atoms with Gasteiger partial charge in [-0.05, 0) is 77.8 Å². The van der Waals surface area contributed by atoms with Crippen LogP contribution >= 0.6 is 15.9 Å². The van der Waals surface area contributed by atoms with Gasteiger partial charge in [0.1, 0.15) is 11.4 Å². The van der Waals surface area contributed by atoms with Gasteiger partial charge in [-0.3, -0.25) is 14.9 Å². The Kier molecular flexibility index (Phi) is 6.12. The molecule has 150 valence electrons. The van der Waals surface area contributed by atoms with Crippen molar-refractivity contribution in [3.63, 3.8) is 0 Å². The molecule has 3 rings (SSSR count). The van der Waals surface area contributed by atoms with Crippen LogP contribution in [0.1, 0.15) is 19.4 Å². The summed E-state index contributed by atoms with van der Waals surface area (Å²) in [4.78, 5) is 40.3. The van der Waals surface area contributed by atoms with Crippen LogP contribution in [0.5, 0.6) is 0 Å². The van der Waals surface area contributed by atoms with Crippen molar-refractivity contribution in [1.29, 1.82) is 0 Å². The Hall–Kier alpha value is -3.00. The molecule has 0 spiro atoms. The van der Waals surface area contributed by atoms with E-state index >= 15 is 0 Å². The lowest BCUT2D eigenvalue weighted by Gasteiger charge is -2.26. The van der Waals surface area contributed by atoms with Crippen molar-refractivity contribution in [3.8, 4) is 0 Å². The van der Waals surface area contributed by atoms with Gasteiger partial charge in [0.25, 0.3) is 11.8 Å². The highest BCUT2D eigenvalue weighted by Crippen LogP contribution is 2.29. The van der Waals surface area contributed by atoms with E-state index in [0.29, 0.717) is 5.56 Å². The van der Waals surface area contributed by atoms with Gasteiger partial charge in [0, 0.05) is 17.6 Å². The number of amides is 4. The number of carbonyl (C=O) groups excluding carboxylic acids is 3. The highest BCUT2D eigenvalue weighted by Gasteiger charge is 2.36. The standard InChI is InChI=1S/C21H19BrFN3O3/c1-3-25(4-2)18-10-5-13(12-17(18)22)11-16-19(27)24-21(29)26(20(16)28)15-8-6-14(23)7-9-15/h5-12H,3-4H2,1-2H3,(H,24,27,29)/b16-11+. The van der Waals surface area contributed by atoms with Crippen molar-refractivity contribution in [1.82, 2.24) is 5.32 Å². The summed E-state index contributed by atoms with van der Waals surface area (Å²) >= 11 is 3.53. The lowest BCUT2D eigenvalue weighted by molar-refractivity contribution is -0.122. The molecule has 4 amide bonds. The van der Waals surface area contributed by atoms with E-state index in [0.717, 1.165) is 40.3 Å². The summed E-state index contributed by atoms with van der Waals surface area (Å²) < 4.78 is 14.0. The molecule has 2 aromatic rings. The van der Waals surface area contributed by atoms with Crippen molar-refractivity contribution in [2.45, 2.75) is 13.8 Å². The number of hydrogen-bond acceptors (Lipinski definition) is 4. The van der Waals surface area contributed by atoms with E-state index in [1.165, 1.54) is 18.2 Å². The second-order valence-electron chi connectivity index (χ2n) is 6.32. The number of halogens is 2. The van der Waals surface area contributed by atoms with E-state index in [1.807, 2.05) is 6.07 Å². The first kappa shape index (κ1) is 20.7. The fourth-order valence-corrected chi connectivity index (χ4v) is 3.73. The molecule has 6 nitrogen and oxygen atoms in total. The highest BCUT2D eigenvalue weighted by molar-refractivity contribution is 9.10. The molecule has 0 saturated carbocycles. The minimum atomic E-state index is -0.873. The maximum Gasteiger partial charge on any atom is 0.335 e. The molecule has 29 heavy (non-hydrogen) atoms. The zero-order chi connectivity index (χ0) is 21.1. The van der Waals surface area contributed by atoms with Crippen molar-refractivity contribution in [3.05, 3.63) is 63.9 Å². The van der Waals surface area contributed by atoms with Gasteiger partial charge in [0.05, 0.1) is 11.4 Å². The Morgan fingerprint density at radius 1 is 1.07 bits per heavy atom. The number of imide groups is 2. The lowest BCUT2D eigenvalue weighted by Crippen LogP contribution is -2.54. The molecule has 1 aliphatic rings. The first-order valence-electron chi connectivity index (χ1n) is 9.07. The maximum atomic E-state index is 13.2. The van der Waals surface area contributed by atoms with Crippen molar-refractivity contribution >= 4 is 51.2 Å². The van der Waals surface area contributed by atoms with Crippen molar-refractivity contribution < 1.29 is 18.8 Å². The molecule has 1 saturated heterocycles. The number of rotatable bonds is 5. The van der Waals surface area contributed by atoms with E-state index in [2.05, 4.69) is 40.0 Å². The quantitative estimate of drug-likeness (QED) is 0.539. The second kappa shape index (κ2) is 8.57. The van der Waals surface area contributed by atoms with Gasteiger partial charge in [0.15, 0.2) is 0 Å². The molecule has 1 fully saturated rings. The monoisotopic (exact) mass is 459 g/mol. The number of nitrogens with zero attached hydrogens (tertiary/aromatic N) is 2. The Balaban J connectivity index is 1.96. The predicted octanol–water partition coefficient (Wildman–Crippen LogP) is 4.10. The number of urea groups is 1. The van der Waals surface area contributed by atoms with Crippen molar-refractivity contribution in [2.24, 2.45) is 0 Å². The summed E-state index contributed by atoms with van der Waals surface area (Å²) in [5, 5.41) is 2.15. The summed E-state index contributed by atoms with van der Waals surface area (Å²) in [7, 11) is 0. The average Bonchev–Trinajstić information content (AvgIpc) is 2.69. The zero-order valence-electron chi connectivity index (χ0n) is 15.9. The van der Waals surface area contributed by atoms with E-state index in [1.54, 1.807) is 12.1 Å². The van der Waals surface area contributed by atoms with Gasteiger partial charge in [-0.1, -0.05) is 6.07 Å². The fourth-order valence-electron chi connectivity index (χ4n) is 3.08. The van der Waals surface area contributed by atoms with E-state index in [9.17, 15) is 18.8 Å². The summed E-state index contributed by atoms with van der Waals surface area (Å²) in [6.45, 7) is 5.78. The van der Waals surface area contributed by atoms with Gasteiger partial charge < -0.3 is 4.90 Å². The third kappa shape index (κ3) is 4.22. The molecule has 0 bridgehead atoms. The van der Waals surface area contributed by atoms with Crippen LogP contribution in [0, 0.1) is 5.82 Å². The first-order chi connectivity index (χ1) is 13.8. The predicted molar refractivity (Wildman–Crippen MR) is 113 cm³/mol.